The van der Waals surface area contributed by atoms with Crippen LogP contribution in [0.3, 0.4) is 0 Å². The average molecular weight is 434 g/mol. The van der Waals surface area contributed by atoms with E-state index in [2.05, 4.69) is 0 Å². The van der Waals surface area contributed by atoms with Crippen molar-refractivity contribution >= 4 is 34.7 Å². The van der Waals surface area contributed by atoms with Crippen molar-refractivity contribution in [1.82, 2.24) is 0 Å². The molecule has 0 spiro atoms. The molecule has 1 aliphatic rings. The molecule has 0 aliphatic carbocycles. The van der Waals surface area contributed by atoms with Crippen molar-refractivity contribution in [2.45, 2.75) is 13.0 Å². The zero-order valence-electron chi connectivity index (χ0n) is 16.8. The first-order chi connectivity index (χ1) is 15.0. The highest BCUT2D eigenvalue weighted by atomic mass is 35.5. The Hall–Kier alpha value is -3.57. The Balaban J connectivity index is 1.91. The number of ketones is 1. The van der Waals surface area contributed by atoms with Crippen molar-refractivity contribution in [2.75, 3.05) is 11.5 Å². The maximum atomic E-state index is 13.1. The lowest BCUT2D eigenvalue weighted by Gasteiger charge is -2.25. The van der Waals surface area contributed by atoms with Crippen molar-refractivity contribution in [3.05, 3.63) is 101 Å². The Kier molecular flexibility index (Phi) is 5.78. The first-order valence-electron chi connectivity index (χ1n) is 9.86. The lowest BCUT2D eigenvalue weighted by atomic mass is 9.95. The van der Waals surface area contributed by atoms with Gasteiger partial charge in [-0.15, -0.1) is 0 Å². The normalized spacial score (nSPS) is 17.7. The Morgan fingerprint density at radius 1 is 1.00 bits per heavy atom. The number of benzene rings is 3. The van der Waals surface area contributed by atoms with E-state index in [0.29, 0.717) is 34.2 Å². The fourth-order valence-corrected chi connectivity index (χ4v) is 3.89. The molecule has 1 saturated heterocycles. The van der Waals surface area contributed by atoms with E-state index in [-0.39, 0.29) is 11.3 Å². The number of carbonyl (C=O) groups excluding carboxylic acids is 2. The average Bonchev–Trinajstić information content (AvgIpc) is 3.05. The number of anilines is 1. The third-order valence-corrected chi connectivity index (χ3v) is 5.32. The first-order valence-corrected chi connectivity index (χ1v) is 10.2. The van der Waals surface area contributed by atoms with Gasteiger partial charge >= 0.3 is 0 Å². The second kappa shape index (κ2) is 8.66. The summed E-state index contributed by atoms with van der Waals surface area (Å²) in [6, 6.07) is 21.8. The van der Waals surface area contributed by atoms with E-state index >= 15 is 0 Å². The predicted octanol–water partition coefficient (Wildman–Crippen LogP) is 5.37. The van der Waals surface area contributed by atoms with E-state index in [1.165, 1.54) is 4.90 Å². The van der Waals surface area contributed by atoms with Gasteiger partial charge in [0, 0.05) is 16.3 Å². The molecule has 0 radical (unpaired) electrons. The summed E-state index contributed by atoms with van der Waals surface area (Å²) in [6.45, 7) is 2.41. The number of nitrogens with zero attached hydrogens (tertiary/aromatic N) is 1. The molecular weight excluding hydrogens is 414 g/mol. The maximum Gasteiger partial charge on any atom is 0.300 e. The minimum atomic E-state index is -0.811. The van der Waals surface area contributed by atoms with Gasteiger partial charge in [0.25, 0.3) is 11.7 Å². The highest BCUT2D eigenvalue weighted by Crippen LogP contribution is 2.42. The molecule has 1 amide bonds. The lowest BCUT2D eigenvalue weighted by molar-refractivity contribution is -0.132. The molecule has 156 valence electrons. The summed E-state index contributed by atoms with van der Waals surface area (Å²) in [6.07, 6.45) is 0. The van der Waals surface area contributed by atoms with Crippen molar-refractivity contribution in [1.29, 1.82) is 0 Å². The van der Waals surface area contributed by atoms with Crippen LogP contribution in [0.25, 0.3) is 5.76 Å². The molecule has 31 heavy (non-hydrogen) atoms. The molecule has 3 aromatic carbocycles. The number of Topliss-reactive ketones (excluding diaryl/α,β-unsaturated/α-hetero) is 1. The predicted molar refractivity (Wildman–Crippen MR) is 120 cm³/mol. The fraction of sp³-hybridized carbons (Fsp3) is 0.120. The van der Waals surface area contributed by atoms with Crippen LogP contribution in [0.15, 0.2) is 84.4 Å². The van der Waals surface area contributed by atoms with Gasteiger partial charge < -0.3 is 9.84 Å². The first kappa shape index (κ1) is 20.7. The Bertz CT molecular complexity index is 1160. The van der Waals surface area contributed by atoms with E-state index in [4.69, 9.17) is 16.3 Å². The number of hydrogen-bond donors (Lipinski definition) is 1. The van der Waals surface area contributed by atoms with Gasteiger partial charge in [-0.2, -0.15) is 0 Å². The van der Waals surface area contributed by atoms with Crippen LogP contribution in [0.4, 0.5) is 5.69 Å². The molecule has 4 rings (SSSR count). The highest BCUT2D eigenvalue weighted by molar-refractivity contribution is 6.51. The van der Waals surface area contributed by atoms with Crippen LogP contribution in [-0.2, 0) is 9.59 Å². The SMILES string of the molecule is CCOc1ccc([C@@H]2C(=C(O)c3ccccc3)C(=O)C(=O)N2c2cccc(Cl)c2)cc1. The van der Waals surface area contributed by atoms with Crippen molar-refractivity contribution in [2.24, 2.45) is 0 Å². The van der Waals surface area contributed by atoms with E-state index < -0.39 is 17.7 Å². The second-order valence-electron chi connectivity index (χ2n) is 7.02. The Morgan fingerprint density at radius 3 is 2.35 bits per heavy atom. The summed E-state index contributed by atoms with van der Waals surface area (Å²) >= 11 is 6.15. The van der Waals surface area contributed by atoms with Gasteiger partial charge in [-0.1, -0.05) is 60.1 Å². The topological polar surface area (TPSA) is 66.8 Å². The number of amides is 1. The van der Waals surface area contributed by atoms with Gasteiger partial charge in [-0.25, -0.2) is 0 Å². The van der Waals surface area contributed by atoms with Crippen molar-refractivity contribution in [3.63, 3.8) is 0 Å². The molecule has 1 atom stereocenters. The third-order valence-electron chi connectivity index (χ3n) is 5.08. The molecule has 6 heteroatoms. The monoisotopic (exact) mass is 433 g/mol. The summed E-state index contributed by atoms with van der Waals surface area (Å²) < 4.78 is 5.51. The molecule has 0 unspecified atom stereocenters. The fourth-order valence-electron chi connectivity index (χ4n) is 3.70. The number of halogens is 1. The van der Waals surface area contributed by atoms with Crippen LogP contribution in [-0.4, -0.2) is 23.4 Å². The molecule has 0 bridgehead atoms. The summed E-state index contributed by atoms with van der Waals surface area (Å²) in [5.41, 5.74) is 1.63. The smallest absolute Gasteiger partial charge is 0.300 e. The number of aliphatic hydroxyl groups is 1. The van der Waals surface area contributed by atoms with Crippen LogP contribution in [0.5, 0.6) is 5.75 Å². The summed E-state index contributed by atoms with van der Waals surface area (Å²) in [5.74, 6) is -1.02. The largest absolute Gasteiger partial charge is 0.507 e. The molecule has 3 aromatic rings. The standard InChI is InChI=1S/C25H20ClNO4/c1-2-31-20-13-11-16(12-14-20)22-21(23(28)17-7-4-3-5-8-17)24(29)25(30)27(22)19-10-6-9-18(26)15-19/h3-15,22,28H,2H2,1H3/t22-/m1/s1. The van der Waals surface area contributed by atoms with Crippen LogP contribution < -0.4 is 9.64 Å². The van der Waals surface area contributed by atoms with Crippen molar-refractivity contribution in [3.8, 4) is 5.75 Å². The molecule has 0 saturated carbocycles. The zero-order valence-corrected chi connectivity index (χ0v) is 17.5. The number of aliphatic hydroxyl groups excluding tert-OH is 1. The lowest BCUT2D eigenvalue weighted by Crippen LogP contribution is -2.29. The highest BCUT2D eigenvalue weighted by Gasteiger charge is 2.47. The van der Waals surface area contributed by atoms with Gasteiger partial charge in [0.15, 0.2) is 0 Å². The molecule has 5 nitrogen and oxygen atoms in total. The second-order valence-corrected chi connectivity index (χ2v) is 7.45. The Morgan fingerprint density at radius 2 is 1.71 bits per heavy atom. The van der Waals surface area contributed by atoms with E-state index in [1.54, 1.807) is 72.8 Å². The van der Waals surface area contributed by atoms with Gasteiger partial charge in [0.2, 0.25) is 0 Å². The minimum Gasteiger partial charge on any atom is -0.507 e. The van der Waals surface area contributed by atoms with Gasteiger partial charge in [0.05, 0.1) is 18.2 Å². The van der Waals surface area contributed by atoms with Gasteiger partial charge in [-0.05, 0) is 42.8 Å². The van der Waals surface area contributed by atoms with Crippen LogP contribution in [0, 0.1) is 0 Å². The Labute approximate surface area is 185 Å². The van der Waals surface area contributed by atoms with E-state index in [0.717, 1.165) is 0 Å². The zero-order chi connectivity index (χ0) is 22.0. The molecule has 1 fully saturated rings. The molecular formula is C25H20ClNO4. The van der Waals surface area contributed by atoms with Crippen LogP contribution in [0.2, 0.25) is 5.02 Å². The van der Waals surface area contributed by atoms with Crippen molar-refractivity contribution < 1.29 is 19.4 Å². The van der Waals surface area contributed by atoms with Gasteiger partial charge in [0.1, 0.15) is 11.5 Å². The number of ether oxygens (including phenoxy) is 1. The van der Waals surface area contributed by atoms with E-state index in [1.807, 2.05) is 13.0 Å². The third kappa shape index (κ3) is 3.92. The number of rotatable bonds is 5. The number of carbonyl (C=O) groups is 2. The van der Waals surface area contributed by atoms with Gasteiger partial charge in [-0.3, -0.25) is 14.5 Å². The quantitative estimate of drug-likeness (QED) is 0.334. The van der Waals surface area contributed by atoms with Crippen LogP contribution >= 0.6 is 11.6 Å². The summed E-state index contributed by atoms with van der Waals surface area (Å²) in [7, 11) is 0. The number of hydrogen-bond acceptors (Lipinski definition) is 4. The summed E-state index contributed by atoms with van der Waals surface area (Å²) in [5, 5.41) is 11.5. The van der Waals surface area contributed by atoms with Crippen LogP contribution in [0.1, 0.15) is 24.1 Å². The molecule has 1 heterocycles. The maximum absolute atomic E-state index is 13.1. The summed E-state index contributed by atoms with van der Waals surface area (Å²) in [4.78, 5) is 27.5. The molecule has 1 N–H and O–H groups in total. The van der Waals surface area contributed by atoms with E-state index in [9.17, 15) is 14.7 Å². The molecule has 1 aliphatic heterocycles. The molecule has 0 aromatic heterocycles. The minimum absolute atomic E-state index is 0.0281.